The van der Waals surface area contributed by atoms with Crippen molar-refractivity contribution < 1.29 is 9.59 Å². The predicted octanol–water partition coefficient (Wildman–Crippen LogP) is 0.593. The number of hydrogen-bond acceptors (Lipinski definition) is 3. The van der Waals surface area contributed by atoms with Crippen molar-refractivity contribution in [2.24, 2.45) is 5.73 Å². The molecule has 1 aromatic carbocycles. The summed E-state index contributed by atoms with van der Waals surface area (Å²) in [6.45, 7) is 5.45. The lowest BCUT2D eigenvalue weighted by Crippen LogP contribution is -2.46. The molecule has 2 rings (SSSR count). The Labute approximate surface area is 119 Å². The summed E-state index contributed by atoms with van der Waals surface area (Å²) in [6, 6.07) is 5.68. The first kappa shape index (κ1) is 14.5. The molecule has 0 bridgehead atoms. The number of carbonyl (C=O) groups is 2. The van der Waals surface area contributed by atoms with Crippen LogP contribution in [0.2, 0.25) is 0 Å². The van der Waals surface area contributed by atoms with Gasteiger partial charge in [0.1, 0.15) is 0 Å². The van der Waals surface area contributed by atoms with Gasteiger partial charge in [-0.25, -0.2) is 0 Å². The Balaban J connectivity index is 2.29. The van der Waals surface area contributed by atoms with Crippen molar-refractivity contribution in [3.05, 3.63) is 34.9 Å². The second-order valence-electron chi connectivity index (χ2n) is 5.29. The minimum Gasteiger partial charge on any atom is -0.368 e. The van der Waals surface area contributed by atoms with Crippen molar-refractivity contribution in [1.29, 1.82) is 0 Å². The van der Waals surface area contributed by atoms with Gasteiger partial charge in [0.05, 0.1) is 6.54 Å². The summed E-state index contributed by atoms with van der Waals surface area (Å²) in [5.41, 5.74) is 7.97. The molecule has 20 heavy (non-hydrogen) atoms. The molecule has 0 radical (unpaired) electrons. The SMILES string of the molecule is Cc1cccc(C(=O)N(CC(N)=O)C2CCNC2)c1C. The second-order valence-corrected chi connectivity index (χ2v) is 5.29. The first-order valence-electron chi connectivity index (χ1n) is 6.87. The van der Waals surface area contributed by atoms with Gasteiger partial charge in [-0.1, -0.05) is 12.1 Å². The lowest BCUT2D eigenvalue weighted by molar-refractivity contribution is -0.119. The zero-order valence-corrected chi connectivity index (χ0v) is 12.0. The molecule has 2 amide bonds. The van der Waals surface area contributed by atoms with E-state index in [2.05, 4.69) is 5.32 Å². The molecule has 0 aliphatic carbocycles. The van der Waals surface area contributed by atoms with Crippen LogP contribution < -0.4 is 11.1 Å². The van der Waals surface area contributed by atoms with Crippen LogP contribution in [0, 0.1) is 13.8 Å². The molecule has 5 heteroatoms. The van der Waals surface area contributed by atoms with Gasteiger partial charge in [-0.15, -0.1) is 0 Å². The van der Waals surface area contributed by atoms with Crippen LogP contribution in [0.3, 0.4) is 0 Å². The predicted molar refractivity (Wildman–Crippen MR) is 77.4 cm³/mol. The van der Waals surface area contributed by atoms with E-state index in [4.69, 9.17) is 5.73 Å². The fourth-order valence-electron chi connectivity index (χ4n) is 2.58. The third kappa shape index (κ3) is 2.99. The molecule has 0 aromatic heterocycles. The summed E-state index contributed by atoms with van der Waals surface area (Å²) in [6.07, 6.45) is 0.851. The Morgan fingerprint density at radius 3 is 2.75 bits per heavy atom. The number of nitrogens with one attached hydrogen (secondary N) is 1. The average Bonchev–Trinajstić information content (AvgIpc) is 2.92. The van der Waals surface area contributed by atoms with Crippen LogP contribution in [0.25, 0.3) is 0 Å². The van der Waals surface area contributed by atoms with Crippen LogP contribution in [-0.4, -0.2) is 42.4 Å². The van der Waals surface area contributed by atoms with Gasteiger partial charge >= 0.3 is 0 Å². The van der Waals surface area contributed by atoms with Crippen molar-refractivity contribution in [2.45, 2.75) is 26.3 Å². The highest BCUT2D eigenvalue weighted by molar-refractivity contribution is 5.98. The number of rotatable bonds is 4. The summed E-state index contributed by atoms with van der Waals surface area (Å²) in [4.78, 5) is 25.6. The molecular formula is C15H21N3O2. The van der Waals surface area contributed by atoms with Gasteiger partial charge in [0.25, 0.3) is 5.91 Å². The molecule has 1 heterocycles. The van der Waals surface area contributed by atoms with E-state index in [0.717, 1.165) is 24.1 Å². The summed E-state index contributed by atoms with van der Waals surface area (Å²) in [5.74, 6) is -0.589. The Bertz CT molecular complexity index is 522. The third-order valence-corrected chi connectivity index (χ3v) is 3.90. The molecule has 108 valence electrons. The van der Waals surface area contributed by atoms with Crippen LogP contribution in [0.1, 0.15) is 27.9 Å². The molecule has 5 nitrogen and oxygen atoms in total. The van der Waals surface area contributed by atoms with E-state index in [0.29, 0.717) is 12.1 Å². The van der Waals surface area contributed by atoms with Gasteiger partial charge in [0.2, 0.25) is 5.91 Å². The fraction of sp³-hybridized carbons (Fsp3) is 0.467. The third-order valence-electron chi connectivity index (χ3n) is 3.90. The number of nitrogens with zero attached hydrogens (tertiary/aromatic N) is 1. The van der Waals surface area contributed by atoms with E-state index < -0.39 is 5.91 Å². The standard InChI is InChI=1S/C15H21N3O2/c1-10-4-3-5-13(11(10)2)15(20)18(9-14(16)19)12-6-7-17-8-12/h3-5,12,17H,6-9H2,1-2H3,(H2,16,19). The Hall–Kier alpha value is -1.88. The average molecular weight is 275 g/mol. The van der Waals surface area contributed by atoms with Gasteiger partial charge in [-0.2, -0.15) is 0 Å². The Morgan fingerprint density at radius 2 is 2.15 bits per heavy atom. The highest BCUT2D eigenvalue weighted by atomic mass is 16.2. The number of nitrogens with two attached hydrogens (primary N) is 1. The van der Waals surface area contributed by atoms with Crippen LogP contribution in [0.4, 0.5) is 0 Å². The van der Waals surface area contributed by atoms with E-state index >= 15 is 0 Å². The monoisotopic (exact) mass is 275 g/mol. The maximum atomic E-state index is 12.7. The van der Waals surface area contributed by atoms with E-state index in [-0.39, 0.29) is 18.5 Å². The number of amides is 2. The lowest BCUT2D eigenvalue weighted by atomic mass is 10.0. The van der Waals surface area contributed by atoms with E-state index in [1.54, 1.807) is 11.0 Å². The van der Waals surface area contributed by atoms with Crippen LogP contribution >= 0.6 is 0 Å². The summed E-state index contributed by atoms with van der Waals surface area (Å²) < 4.78 is 0. The largest absolute Gasteiger partial charge is 0.368 e. The quantitative estimate of drug-likeness (QED) is 0.844. The van der Waals surface area contributed by atoms with Crippen LogP contribution in [0.15, 0.2) is 18.2 Å². The van der Waals surface area contributed by atoms with Crippen molar-refractivity contribution >= 4 is 11.8 Å². The zero-order valence-electron chi connectivity index (χ0n) is 12.0. The number of primary amides is 1. The number of carbonyl (C=O) groups excluding carboxylic acids is 2. The van der Waals surface area contributed by atoms with Crippen molar-refractivity contribution in [3.63, 3.8) is 0 Å². The molecule has 1 aliphatic rings. The molecular weight excluding hydrogens is 254 g/mol. The van der Waals surface area contributed by atoms with Crippen molar-refractivity contribution in [3.8, 4) is 0 Å². The van der Waals surface area contributed by atoms with Crippen LogP contribution in [0.5, 0.6) is 0 Å². The van der Waals surface area contributed by atoms with E-state index in [9.17, 15) is 9.59 Å². The first-order chi connectivity index (χ1) is 9.50. The van der Waals surface area contributed by atoms with Gasteiger partial charge in [-0.3, -0.25) is 9.59 Å². The summed E-state index contributed by atoms with van der Waals surface area (Å²) in [5, 5.41) is 3.21. The second kappa shape index (κ2) is 6.05. The highest BCUT2D eigenvalue weighted by Crippen LogP contribution is 2.18. The lowest BCUT2D eigenvalue weighted by Gasteiger charge is -2.28. The minimum absolute atomic E-state index is 0.0292. The minimum atomic E-state index is -0.476. The maximum Gasteiger partial charge on any atom is 0.254 e. The van der Waals surface area contributed by atoms with Gasteiger partial charge < -0.3 is 16.0 Å². The smallest absolute Gasteiger partial charge is 0.254 e. The topological polar surface area (TPSA) is 75.4 Å². The Morgan fingerprint density at radius 1 is 1.40 bits per heavy atom. The number of benzene rings is 1. The summed E-state index contributed by atoms with van der Waals surface area (Å²) in [7, 11) is 0. The molecule has 1 aromatic rings. The number of hydrogen-bond donors (Lipinski definition) is 2. The van der Waals surface area contributed by atoms with Gasteiger partial charge in [0.15, 0.2) is 0 Å². The van der Waals surface area contributed by atoms with Crippen molar-refractivity contribution in [1.82, 2.24) is 10.2 Å². The molecule has 0 spiro atoms. The molecule has 0 saturated carbocycles. The van der Waals surface area contributed by atoms with Crippen molar-refractivity contribution in [2.75, 3.05) is 19.6 Å². The normalized spacial score (nSPS) is 18.0. The molecule has 1 atom stereocenters. The first-order valence-corrected chi connectivity index (χ1v) is 6.87. The fourth-order valence-corrected chi connectivity index (χ4v) is 2.58. The van der Waals surface area contributed by atoms with Crippen LogP contribution in [-0.2, 0) is 4.79 Å². The molecule has 3 N–H and O–H groups in total. The molecule has 1 aliphatic heterocycles. The zero-order chi connectivity index (χ0) is 14.7. The molecule has 1 fully saturated rings. The summed E-state index contributed by atoms with van der Waals surface area (Å²) >= 11 is 0. The maximum absolute atomic E-state index is 12.7. The highest BCUT2D eigenvalue weighted by Gasteiger charge is 2.29. The number of aryl methyl sites for hydroxylation is 1. The molecule has 1 saturated heterocycles. The van der Waals surface area contributed by atoms with Gasteiger partial charge in [-0.05, 0) is 44.0 Å². The Kier molecular flexibility index (Phi) is 4.39. The van der Waals surface area contributed by atoms with E-state index in [1.807, 2.05) is 26.0 Å². The van der Waals surface area contributed by atoms with Gasteiger partial charge in [0, 0.05) is 18.2 Å². The molecule has 1 unspecified atom stereocenters. The van der Waals surface area contributed by atoms with E-state index in [1.165, 1.54) is 0 Å².